The number of fused-ring (bicyclic) bond motifs is 5. The van der Waals surface area contributed by atoms with Gasteiger partial charge in [0.2, 0.25) is 0 Å². The summed E-state index contributed by atoms with van der Waals surface area (Å²) in [6.07, 6.45) is 0. The fourth-order valence-electron chi connectivity index (χ4n) is 7.82. The molecule has 244 valence electrons. The predicted molar refractivity (Wildman–Crippen MR) is 225 cm³/mol. The Morgan fingerprint density at radius 2 is 0.885 bits per heavy atom. The molecule has 10 aromatic rings. The molecule has 9 aromatic carbocycles. The van der Waals surface area contributed by atoms with Gasteiger partial charge in [-0.25, -0.2) is 0 Å². The van der Waals surface area contributed by atoms with E-state index < -0.39 is 0 Å². The second-order valence-corrected chi connectivity index (χ2v) is 14.3. The van der Waals surface area contributed by atoms with Crippen molar-refractivity contribution in [3.8, 4) is 33.4 Å². The number of rotatable bonds is 6. The van der Waals surface area contributed by atoms with E-state index in [-0.39, 0.29) is 0 Å². The first-order chi connectivity index (χ1) is 25.8. The van der Waals surface area contributed by atoms with Gasteiger partial charge in [0.1, 0.15) is 0 Å². The Morgan fingerprint density at radius 3 is 1.65 bits per heavy atom. The molecular weight excluding hydrogens is 647 g/mol. The summed E-state index contributed by atoms with van der Waals surface area (Å²) in [6, 6.07) is 72.9. The lowest BCUT2D eigenvalue weighted by Crippen LogP contribution is -2.10. The van der Waals surface area contributed by atoms with Gasteiger partial charge in [0.15, 0.2) is 0 Å². The Hall–Kier alpha value is -6.48. The quantitative estimate of drug-likeness (QED) is 0.169. The maximum Gasteiger partial charge on any atom is 0.0640 e. The molecule has 0 bridgehead atoms. The zero-order valence-corrected chi connectivity index (χ0v) is 29.2. The maximum absolute atomic E-state index is 2.43. The number of benzene rings is 9. The van der Waals surface area contributed by atoms with Crippen LogP contribution in [0.3, 0.4) is 0 Å². The van der Waals surface area contributed by atoms with Gasteiger partial charge in [0.05, 0.1) is 10.4 Å². The Balaban J connectivity index is 1.14. The van der Waals surface area contributed by atoms with Crippen LogP contribution in [-0.2, 0) is 0 Å². The van der Waals surface area contributed by atoms with Crippen molar-refractivity contribution in [3.05, 3.63) is 200 Å². The molecule has 1 nitrogen and oxygen atoms in total. The Morgan fingerprint density at radius 1 is 0.327 bits per heavy atom. The van der Waals surface area contributed by atoms with Crippen LogP contribution in [-0.4, -0.2) is 0 Å². The largest absolute Gasteiger partial charge is 0.309 e. The van der Waals surface area contributed by atoms with Crippen LogP contribution in [0.15, 0.2) is 200 Å². The van der Waals surface area contributed by atoms with Crippen molar-refractivity contribution >= 4 is 70.1 Å². The van der Waals surface area contributed by atoms with E-state index in [1.165, 1.54) is 80.8 Å². The fourth-order valence-corrected chi connectivity index (χ4v) is 9.03. The summed E-state index contributed by atoms with van der Waals surface area (Å²) in [5.41, 5.74) is 10.8. The van der Waals surface area contributed by atoms with Crippen LogP contribution >= 0.6 is 11.3 Å². The van der Waals surface area contributed by atoms with Crippen LogP contribution in [0, 0.1) is 0 Å². The van der Waals surface area contributed by atoms with E-state index >= 15 is 0 Å². The highest BCUT2D eigenvalue weighted by Gasteiger charge is 2.19. The third-order valence-corrected chi connectivity index (χ3v) is 11.5. The second-order valence-electron chi connectivity index (χ2n) is 13.3. The number of nitrogens with zero attached hydrogens (tertiary/aromatic N) is 1. The van der Waals surface area contributed by atoms with E-state index in [1.807, 2.05) is 11.3 Å². The van der Waals surface area contributed by atoms with Crippen LogP contribution in [0.25, 0.3) is 75.1 Å². The lowest BCUT2D eigenvalue weighted by Gasteiger charge is -2.27. The van der Waals surface area contributed by atoms with Gasteiger partial charge in [-0.05, 0) is 91.3 Å². The van der Waals surface area contributed by atoms with E-state index in [2.05, 4.69) is 205 Å². The first-order valence-electron chi connectivity index (χ1n) is 17.8. The molecule has 0 radical (unpaired) electrons. The van der Waals surface area contributed by atoms with Gasteiger partial charge in [-0.2, -0.15) is 0 Å². The molecule has 2 heteroatoms. The minimum Gasteiger partial charge on any atom is -0.309 e. The van der Waals surface area contributed by atoms with Gasteiger partial charge in [0, 0.05) is 26.8 Å². The maximum atomic E-state index is 2.43. The van der Waals surface area contributed by atoms with Crippen molar-refractivity contribution in [2.75, 3.05) is 4.90 Å². The molecule has 1 heterocycles. The van der Waals surface area contributed by atoms with Crippen LogP contribution in [0.2, 0.25) is 0 Å². The van der Waals surface area contributed by atoms with E-state index in [4.69, 9.17) is 0 Å². The van der Waals surface area contributed by atoms with Crippen LogP contribution in [0.5, 0.6) is 0 Å². The molecule has 0 N–H and O–H groups in total. The molecule has 0 aliphatic carbocycles. The topological polar surface area (TPSA) is 3.24 Å². The summed E-state index contributed by atoms with van der Waals surface area (Å²) >= 11 is 1.87. The zero-order valence-electron chi connectivity index (χ0n) is 28.4. The van der Waals surface area contributed by atoms with E-state index in [0.29, 0.717) is 0 Å². The fraction of sp³-hybridized carbons (Fsp3) is 0. The van der Waals surface area contributed by atoms with Gasteiger partial charge in [0.25, 0.3) is 0 Å². The van der Waals surface area contributed by atoms with E-state index in [9.17, 15) is 0 Å². The normalized spacial score (nSPS) is 11.5. The smallest absolute Gasteiger partial charge is 0.0640 e. The summed E-state index contributed by atoms with van der Waals surface area (Å²) in [5.74, 6) is 0. The molecule has 0 aliphatic heterocycles. The highest BCUT2D eigenvalue weighted by Crippen LogP contribution is 2.46. The number of hydrogen-bond acceptors (Lipinski definition) is 2. The van der Waals surface area contributed by atoms with Crippen molar-refractivity contribution in [1.29, 1.82) is 0 Å². The average Bonchev–Trinajstić information content (AvgIpc) is 3.61. The Bertz CT molecular complexity index is 2880. The van der Waals surface area contributed by atoms with Crippen molar-refractivity contribution in [2.45, 2.75) is 0 Å². The molecule has 10 rings (SSSR count). The van der Waals surface area contributed by atoms with Crippen LogP contribution in [0.4, 0.5) is 17.1 Å². The zero-order chi connectivity index (χ0) is 34.4. The molecule has 0 unspecified atom stereocenters. The van der Waals surface area contributed by atoms with Crippen molar-refractivity contribution < 1.29 is 0 Å². The standard InChI is InChI=1S/C50H33NS/c1-2-12-35(13-3-1)44-33-28-36-15-5-7-18-43(36)49(44)38-26-31-40(32-27-38)51(47-22-11-21-46-45-19-8-9-23-48(45)52-50(46)47)39-29-24-37(25-30-39)42-20-10-16-34-14-4-6-17-41(34)42/h1-33H. The van der Waals surface area contributed by atoms with E-state index in [1.54, 1.807) is 0 Å². The SMILES string of the molecule is c1ccc(-c2ccc3ccccc3c2-c2ccc(N(c3ccc(-c4cccc5ccccc45)cc3)c3cccc4c3sc3ccccc34)cc2)cc1. The van der Waals surface area contributed by atoms with E-state index in [0.717, 1.165) is 11.4 Å². The van der Waals surface area contributed by atoms with Crippen molar-refractivity contribution in [3.63, 3.8) is 0 Å². The summed E-state index contributed by atoms with van der Waals surface area (Å²) in [7, 11) is 0. The molecule has 52 heavy (non-hydrogen) atoms. The van der Waals surface area contributed by atoms with Crippen molar-refractivity contribution in [1.82, 2.24) is 0 Å². The monoisotopic (exact) mass is 679 g/mol. The lowest BCUT2D eigenvalue weighted by molar-refractivity contribution is 1.30. The number of anilines is 3. The van der Waals surface area contributed by atoms with Gasteiger partial charge >= 0.3 is 0 Å². The summed E-state index contributed by atoms with van der Waals surface area (Å²) < 4.78 is 2.59. The van der Waals surface area contributed by atoms with Gasteiger partial charge < -0.3 is 4.90 Å². The lowest BCUT2D eigenvalue weighted by atomic mass is 9.89. The Labute approximate surface area is 307 Å². The molecule has 0 amide bonds. The molecule has 1 aromatic heterocycles. The number of hydrogen-bond donors (Lipinski definition) is 0. The summed E-state index contributed by atoms with van der Waals surface area (Å²) in [6.45, 7) is 0. The molecular formula is C50H33NS. The summed E-state index contributed by atoms with van der Waals surface area (Å²) in [5, 5.41) is 7.61. The minimum atomic E-state index is 1.12. The first-order valence-corrected chi connectivity index (χ1v) is 18.6. The third-order valence-electron chi connectivity index (χ3n) is 10.3. The second kappa shape index (κ2) is 12.7. The van der Waals surface area contributed by atoms with Crippen LogP contribution < -0.4 is 4.90 Å². The molecule has 0 aliphatic rings. The Kier molecular flexibility index (Phi) is 7.41. The first kappa shape index (κ1) is 30.4. The highest BCUT2D eigenvalue weighted by molar-refractivity contribution is 7.26. The number of thiophene rings is 1. The molecule has 0 saturated carbocycles. The highest BCUT2D eigenvalue weighted by atomic mass is 32.1. The van der Waals surface area contributed by atoms with Gasteiger partial charge in [-0.1, -0.05) is 164 Å². The molecule has 0 saturated heterocycles. The summed E-state index contributed by atoms with van der Waals surface area (Å²) in [4.78, 5) is 2.43. The molecule has 0 spiro atoms. The van der Waals surface area contributed by atoms with Gasteiger partial charge in [-0.15, -0.1) is 11.3 Å². The minimum absolute atomic E-state index is 1.12. The molecule has 0 fully saturated rings. The van der Waals surface area contributed by atoms with Crippen molar-refractivity contribution in [2.24, 2.45) is 0 Å². The molecule has 0 atom stereocenters. The predicted octanol–water partition coefficient (Wildman–Crippen LogP) is 14.8. The average molecular weight is 680 g/mol. The van der Waals surface area contributed by atoms with Crippen LogP contribution in [0.1, 0.15) is 0 Å². The third kappa shape index (κ3) is 5.16. The van der Waals surface area contributed by atoms with Gasteiger partial charge in [-0.3, -0.25) is 0 Å².